The molecule has 0 bridgehead atoms. The molecule has 0 unspecified atom stereocenters. The van der Waals surface area contributed by atoms with E-state index in [-0.39, 0.29) is 11.5 Å². The molecule has 0 amide bonds. The highest BCUT2D eigenvalue weighted by Crippen LogP contribution is 2.31. The molecule has 0 aromatic rings. The van der Waals surface area contributed by atoms with Gasteiger partial charge < -0.3 is 0 Å². The first-order chi connectivity index (χ1) is 6.16. The van der Waals surface area contributed by atoms with Gasteiger partial charge in [0.25, 0.3) is 0 Å². The molecule has 0 aliphatic carbocycles. The van der Waals surface area contributed by atoms with E-state index >= 15 is 0 Å². The zero-order chi connectivity index (χ0) is 11.5. The standard InChI is InChI=1S/C11H15F3/c1-7(2)9(5)6-10(8(3)4)11(12,13)14/h6-7H,3,5H2,1-2,4H3/b10-6+. The van der Waals surface area contributed by atoms with Crippen molar-refractivity contribution in [2.45, 2.75) is 26.9 Å². The summed E-state index contributed by atoms with van der Waals surface area (Å²) < 4.78 is 37.3. The zero-order valence-electron chi connectivity index (χ0n) is 8.70. The molecule has 0 radical (unpaired) electrons. The summed E-state index contributed by atoms with van der Waals surface area (Å²) in [6.45, 7) is 11.8. The topological polar surface area (TPSA) is 0 Å². The van der Waals surface area contributed by atoms with Crippen LogP contribution in [-0.2, 0) is 0 Å². The molecule has 0 nitrogen and oxygen atoms in total. The van der Waals surface area contributed by atoms with Gasteiger partial charge in [0.2, 0.25) is 0 Å². The van der Waals surface area contributed by atoms with Crippen LogP contribution in [0.25, 0.3) is 0 Å². The van der Waals surface area contributed by atoms with Crippen molar-refractivity contribution in [2.24, 2.45) is 5.92 Å². The predicted molar refractivity (Wildman–Crippen MR) is 52.9 cm³/mol. The first-order valence-corrected chi connectivity index (χ1v) is 4.29. The van der Waals surface area contributed by atoms with E-state index in [2.05, 4.69) is 13.2 Å². The fourth-order valence-corrected chi connectivity index (χ4v) is 0.799. The van der Waals surface area contributed by atoms with Gasteiger partial charge in [0.15, 0.2) is 0 Å². The lowest BCUT2D eigenvalue weighted by Gasteiger charge is -2.13. The molecule has 0 atom stereocenters. The summed E-state index contributed by atoms with van der Waals surface area (Å²) in [4.78, 5) is 0. The number of hydrogen-bond acceptors (Lipinski definition) is 0. The Kier molecular flexibility index (Phi) is 4.17. The molecule has 0 rings (SSSR count). The molecule has 3 heteroatoms. The lowest BCUT2D eigenvalue weighted by molar-refractivity contribution is -0.0893. The van der Waals surface area contributed by atoms with Crippen molar-refractivity contribution in [3.8, 4) is 0 Å². The van der Waals surface area contributed by atoms with Crippen molar-refractivity contribution in [1.82, 2.24) is 0 Å². The Hall–Kier alpha value is -0.990. The Morgan fingerprint density at radius 1 is 1.21 bits per heavy atom. The van der Waals surface area contributed by atoms with Crippen LogP contribution in [0.15, 0.2) is 36.0 Å². The quantitative estimate of drug-likeness (QED) is 0.602. The summed E-state index contributed by atoms with van der Waals surface area (Å²) >= 11 is 0. The second-order valence-corrected chi connectivity index (χ2v) is 3.57. The summed E-state index contributed by atoms with van der Waals surface area (Å²) in [7, 11) is 0. The van der Waals surface area contributed by atoms with Crippen LogP contribution < -0.4 is 0 Å². The highest BCUT2D eigenvalue weighted by molar-refractivity contribution is 5.37. The summed E-state index contributed by atoms with van der Waals surface area (Å²) in [5.41, 5.74) is -0.226. The van der Waals surface area contributed by atoms with Gasteiger partial charge in [-0.05, 0) is 24.5 Å². The van der Waals surface area contributed by atoms with Crippen LogP contribution in [0.2, 0.25) is 0 Å². The average Bonchev–Trinajstić information content (AvgIpc) is 1.96. The van der Waals surface area contributed by atoms with Crippen LogP contribution in [0.3, 0.4) is 0 Å². The molecule has 0 fully saturated rings. The smallest absolute Gasteiger partial charge is 0.166 e. The summed E-state index contributed by atoms with van der Waals surface area (Å²) in [6, 6.07) is 0. The minimum atomic E-state index is -4.34. The molecule has 0 aromatic carbocycles. The fourth-order valence-electron chi connectivity index (χ4n) is 0.799. The van der Waals surface area contributed by atoms with E-state index in [0.29, 0.717) is 5.57 Å². The Balaban J connectivity index is 5.04. The molecule has 0 aliphatic rings. The molecule has 80 valence electrons. The monoisotopic (exact) mass is 204 g/mol. The van der Waals surface area contributed by atoms with Crippen molar-refractivity contribution in [3.05, 3.63) is 36.0 Å². The second kappa shape index (κ2) is 4.49. The molecule has 14 heavy (non-hydrogen) atoms. The largest absolute Gasteiger partial charge is 0.416 e. The van der Waals surface area contributed by atoms with Crippen molar-refractivity contribution < 1.29 is 13.2 Å². The molecule has 0 N–H and O–H groups in total. The third kappa shape index (κ3) is 3.81. The molecule has 0 spiro atoms. The van der Waals surface area contributed by atoms with Crippen molar-refractivity contribution in [2.75, 3.05) is 0 Å². The van der Waals surface area contributed by atoms with E-state index in [4.69, 9.17) is 0 Å². The van der Waals surface area contributed by atoms with Crippen molar-refractivity contribution >= 4 is 0 Å². The Morgan fingerprint density at radius 2 is 1.64 bits per heavy atom. The van der Waals surface area contributed by atoms with Crippen LogP contribution in [0.5, 0.6) is 0 Å². The number of hydrogen-bond donors (Lipinski definition) is 0. The number of allylic oxidation sites excluding steroid dienone is 4. The Morgan fingerprint density at radius 3 is 1.86 bits per heavy atom. The highest BCUT2D eigenvalue weighted by atomic mass is 19.4. The summed E-state index contributed by atoms with van der Waals surface area (Å²) in [5, 5.41) is 0. The molecule has 0 saturated carbocycles. The highest BCUT2D eigenvalue weighted by Gasteiger charge is 2.33. The van der Waals surface area contributed by atoms with Crippen LogP contribution in [0.4, 0.5) is 13.2 Å². The number of rotatable bonds is 3. The van der Waals surface area contributed by atoms with E-state index in [1.54, 1.807) is 13.8 Å². The first-order valence-electron chi connectivity index (χ1n) is 4.29. The van der Waals surface area contributed by atoms with Gasteiger partial charge in [-0.1, -0.05) is 32.6 Å². The van der Waals surface area contributed by atoms with Gasteiger partial charge in [-0.25, -0.2) is 0 Å². The van der Waals surface area contributed by atoms with Gasteiger partial charge in [-0.15, -0.1) is 0 Å². The fraction of sp³-hybridized carbons (Fsp3) is 0.455. The third-order valence-electron chi connectivity index (χ3n) is 1.84. The average molecular weight is 204 g/mol. The van der Waals surface area contributed by atoms with E-state index in [9.17, 15) is 13.2 Å². The van der Waals surface area contributed by atoms with E-state index < -0.39 is 11.7 Å². The first kappa shape index (κ1) is 13.0. The molecule has 0 aliphatic heterocycles. The molecular weight excluding hydrogens is 189 g/mol. The minimum Gasteiger partial charge on any atom is -0.166 e. The van der Waals surface area contributed by atoms with Crippen LogP contribution in [-0.4, -0.2) is 6.18 Å². The predicted octanol–water partition coefficient (Wildman–Crippen LogP) is 4.26. The van der Waals surface area contributed by atoms with E-state index in [1.165, 1.54) is 6.92 Å². The van der Waals surface area contributed by atoms with E-state index in [1.807, 2.05) is 0 Å². The Bertz CT molecular complexity index is 267. The maximum atomic E-state index is 12.4. The van der Waals surface area contributed by atoms with Gasteiger partial charge in [0, 0.05) is 0 Å². The lowest BCUT2D eigenvalue weighted by Crippen LogP contribution is -2.13. The van der Waals surface area contributed by atoms with Crippen molar-refractivity contribution in [3.63, 3.8) is 0 Å². The van der Waals surface area contributed by atoms with Crippen LogP contribution in [0, 0.1) is 5.92 Å². The maximum absolute atomic E-state index is 12.4. The van der Waals surface area contributed by atoms with Crippen molar-refractivity contribution in [1.29, 1.82) is 0 Å². The van der Waals surface area contributed by atoms with Gasteiger partial charge in [-0.2, -0.15) is 13.2 Å². The van der Waals surface area contributed by atoms with Crippen LogP contribution in [0.1, 0.15) is 20.8 Å². The third-order valence-corrected chi connectivity index (χ3v) is 1.84. The molecular formula is C11H15F3. The van der Waals surface area contributed by atoms with Gasteiger partial charge >= 0.3 is 6.18 Å². The summed E-state index contributed by atoms with van der Waals surface area (Å²) in [6.07, 6.45) is -3.28. The van der Waals surface area contributed by atoms with Gasteiger partial charge in [0.1, 0.15) is 0 Å². The Labute approximate surface area is 82.8 Å². The number of halogens is 3. The maximum Gasteiger partial charge on any atom is 0.416 e. The normalized spacial score (nSPS) is 13.2. The molecule has 0 aromatic heterocycles. The van der Waals surface area contributed by atoms with E-state index in [0.717, 1.165) is 6.08 Å². The van der Waals surface area contributed by atoms with Gasteiger partial charge in [0.05, 0.1) is 5.57 Å². The molecule has 0 heterocycles. The number of alkyl halides is 3. The minimum absolute atomic E-state index is 0.00620. The van der Waals surface area contributed by atoms with Gasteiger partial charge in [-0.3, -0.25) is 0 Å². The molecule has 0 saturated heterocycles. The second-order valence-electron chi connectivity index (χ2n) is 3.57. The summed E-state index contributed by atoms with van der Waals surface area (Å²) in [5.74, 6) is 0.00620. The SMILES string of the molecule is C=C(C)/C(=C\C(=C)C(C)C)C(F)(F)F. The van der Waals surface area contributed by atoms with Crippen LogP contribution >= 0.6 is 0 Å². The lowest BCUT2D eigenvalue weighted by atomic mass is 9.99. The zero-order valence-corrected chi connectivity index (χ0v) is 8.70.